The third-order valence-electron chi connectivity index (χ3n) is 7.05. The molecule has 0 saturated carbocycles. The van der Waals surface area contributed by atoms with Crippen molar-refractivity contribution in [2.75, 3.05) is 0 Å². The van der Waals surface area contributed by atoms with Gasteiger partial charge in [-0.2, -0.15) is 0 Å². The summed E-state index contributed by atoms with van der Waals surface area (Å²) in [4.78, 5) is 22.9. The lowest BCUT2D eigenvalue weighted by atomic mass is 9.77. The highest BCUT2D eigenvalue weighted by Gasteiger charge is 2.38. The van der Waals surface area contributed by atoms with Crippen molar-refractivity contribution in [3.63, 3.8) is 0 Å². The van der Waals surface area contributed by atoms with Gasteiger partial charge in [0, 0.05) is 23.3 Å². The Morgan fingerprint density at radius 1 is 0.676 bits per heavy atom. The molecule has 0 aliphatic heterocycles. The molecule has 0 aliphatic carbocycles. The maximum Gasteiger partial charge on any atom is 0.213 e. The van der Waals surface area contributed by atoms with Crippen LogP contribution in [0.25, 0.3) is 10.9 Å². The van der Waals surface area contributed by atoms with E-state index >= 15 is 0 Å². The van der Waals surface area contributed by atoms with Crippen LogP contribution in [0.2, 0.25) is 0 Å². The van der Waals surface area contributed by atoms with Crippen molar-refractivity contribution in [1.82, 2.24) is 14.5 Å². The predicted molar refractivity (Wildman–Crippen MR) is 147 cm³/mol. The number of hydrogen-bond acceptors (Lipinski definition) is 3. The minimum absolute atomic E-state index is 0.119. The lowest BCUT2D eigenvalue weighted by Crippen LogP contribution is -2.37. The molecule has 4 nitrogen and oxygen atoms in total. The van der Waals surface area contributed by atoms with E-state index in [0.29, 0.717) is 11.3 Å². The molecule has 4 heteroatoms. The predicted octanol–water partition coefficient (Wildman–Crippen LogP) is 6.81. The van der Waals surface area contributed by atoms with Crippen LogP contribution in [0.5, 0.6) is 0 Å². The molecule has 0 fully saturated rings. The number of carbonyl (C=O) groups is 1. The third-order valence-corrected chi connectivity index (χ3v) is 7.05. The molecule has 0 spiro atoms. The largest absolute Gasteiger partial charge is 0.318 e. The summed E-state index contributed by atoms with van der Waals surface area (Å²) < 4.78 is 2.06. The number of benzene rings is 4. The van der Waals surface area contributed by atoms with E-state index in [4.69, 9.17) is 0 Å². The van der Waals surface area contributed by atoms with Crippen molar-refractivity contribution >= 4 is 16.7 Å². The number of aromatic nitrogens is 3. The molecule has 2 aromatic heterocycles. The molecule has 0 aliphatic rings. The third kappa shape index (κ3) is 3.74. The first kappa shape index (κ1) is 22.6. The fraction of sp³-hybridized carbons (Fsp3) is 0.0606. The molecule has 6 aromatic rings. The van der Waals surface area contributed by atoms with Crippen molar-refractivity contribution in [1.29, 1.82) is 0 Å². The van der Waals surface area contributed by atoms with Crippen LogP contribution < -0.4 is 0 Å². The number of rotatable bonds is 6. The number of ketones is 1. The summed E-state index contributed by atoms with van der Waals surface area (Å²) in [5, 5.41) is 1.01. The van der Waals surface area contributed by atoms with E-state index in [1.165, 1.54) is 0 Å². The van der Waals surface area contributed by atoms with Crippen molar-refractivity contribution in [3.05, 3.63) is 167 Å². The van der Waals surface area contributed by atoms with E-state index < -0.39 is 5.54 Å². The molecular formula is C33H25N3O. The van der Waals surface area contributed by atoms with Crippen LogP contribution in [0.4, 0.5) is 0 Å². The molecule has 0 N–H and O–H groups in total. The SMILES string of the molecule is Cc1c(C(=O)c2cn(C(c3ccccc3)(c3ccccc3)c3ccccc3)cn2)ccc2cccnc12. The van der Waals surface area contributed by atoms with Crippen LogP contribution in [0.1, 0.15) is 38.3 Å². The van der Waals surface area contributed by atoms with Gasteiger partial charge in [0.1, 0.15) is 11.2 Å². The normalized spacial score (nSPS) is 11.5. The van der Waals surface area contributed by atoms with Crippen LogP contribution in [0.3, 0.4) is 0 Å². The van der Waals surface area contributed by atoms with Crippen LogP contribution >= 0.6 is 0 Å². The van der Waals surface area contributed by atoms with Gasteiger partial charge in [-0.15, -0.1) is 0 Å². The minimum atomic E-state index is -0.713. The summed E-state index contributed by atoms with van der Waals surface area (Å²) in [7, 11) is 0. The quantitative estimate of drug-likeness (QED) is 0.195. The Labute approximate surface area is 215 Å². The van der Waals surface area contributed by atoms with Crippen molar-refractivity contribution < 1.29 is 4.79 Å². The van der Waals surface area contributed by atoms with Crippen LogP contribution in [0.15, 0.2) is 134 Å². The molecule has 0 amide bonds. The van der Waals surface area contributed by atoms with E-state index in [-0.39, 0.29) is 5.78 Å². The summed E-state index contributed by atoms with van der Waals surface area (Å²) in [5.41, 5.74) is 5.22. The molecule has 0 unspecified atom stereocenters. The molecule has 2 heterocycles. The number of fused-ring (bicyclic) bond motifs is 1. The molecule has 178 valence electrons. The Morgan fingerprint density at radius 2 is 1.24 bits per heavy atom. The highest BCUT2D eigenvalue weighted by atomic mass is 16.1. The Balaban J connectivity index is 1.56. The maximum atomic E-state index is 13.8. The fourth-order valence-electron chi connectivity index (χ4n) is 5.28. The zero-order valence-corrected chi connectivity index (χ0v) is 20.5. The molecule has 4 aromatic carbocycles. The Morgan fingerprint density at radius 3 is 1.81 bits per heavy atom. The molecule has 6 rings (SSSR count). The Bertz CT molecular complexity index is 1590. The lowest BCUT2D eigenvalue weighted by molar-refractivity contribution is 0.103. The highest BCUT2D eigenvalue weighted by molar-refractivity contribution is 6.10. The lowest BCUT2D eigenvalue weighted by Gasteiger charge is -2.37. The summed E-state index contributed by atoms with van der Waals surface area (Å²) in [6.07, 6.45) is 5.40. The van der Waals surface area contributed by atoms with Gasteiger partial charge in [-0.25, -0.2) is 4.98 Å². The monoisotopic (exact) mass is 479 g/mol. The van der Waals surface area contributed by atoms with Crippen molar-refractivity contribution in [3.8, 4) is 0 Å². The number of pyridine rings is 1. The molecule has 0 radical (unpaired) electrons. The number of aryl methyl sites for hydroxylation is 1. The number of imidazole rings is 1. The second-order valence-electron chi connectivity index (χ2n) is 9.12. The Kier molecular flexibility index (Phi) is 5.70. The topological polar surface area (TPSA) is 47.8 Å². The molecular weight excluding hydrogens is 454 g/mol. The smallest absolute Gasteiger partial charge is 0.213 e. The molecule has 0 saturated heterocycles. The van der Waals surface area contributed by atoms with Gasteiger partial charge >= 0.3 is 0 Å². The van der Waals surface area contributed by atoms with Gasteiger partial charge in [0.15, 0.2) is 0 Å². The second-order valence-corrected chi connectivity index (χ2v) is 9.12. The van der Waals surface area contributed by atoms with E-state index in [9.17, 15) is 4.79 Å². The van der Waals surface area contributed by atoms with Gasteiger partial charge in [-0.1, -0.05) is 103 Å². The van der Waals surface area contributed by atoms with Gasteiger partial charge in [-0.05, 0) is 41.3 Å². The van der Waals surface area contributed by atoms with E-state index in [1.807, 2.05) is 92.0 Å². The summed E-state index contributed by atoms with van der Waals surface area (Å²) in [6.45, 7) is 1.95. The van der Waals surface area contributed by atoms with E-state index in [1.54, 1.807) is 12.5 Å². The molecule has 37 heavy (non-hydrogen) atoms. The number of nitrogens with zero attached hydrogens (tertiary/aromatic N) is 3. The summed E-state index contributed by atoms with van der Waals surface area (Å²) >= 11 is 0. The first-order valence-corrected chi connectivity index (χ1v) is 12.3. The van der Waals surface area contributed by atoms with Crippen LogP contribution in [-0.2, 0) is 5.54 Å². The maximum absolute atomic E-state index is 13.8. The first-order chi connectivity index (χ1) is 18.2. The van der Waals surface area contributed by atoms with E-state index in [2.05, 4.69) is 50.9 Å². The molecule has 0 bridgehead atoms. The van der Waals surface area contributed by atoms with Gasteiger partial charge < -0.3 is 4.57 Å². The highest BCUT2D eigenvalue weighted by Crippen LogP contribution is 2.41. The van der Waals surface area contributed by atoms with Gasteiger partial charge in [0.05, 0.1) is 11.8 Å². The van der Waals surface area contributed by atoms with E-state index in [0.717, 1.165) is 33.2 Å². The van der Waals surface area contributed by atoms with Gasteiger partial charge in [-0.3, -0.25) is 9.78 Å². The van der Waals surface area contributed by atoms with Crippen molar-refractivity contribution in [2.45, 2.75) is 12.5 Å². The van der Waals surface area contributed by atoms with Crippen LogP contribution in [0, 0.1) is 6.92 Å². The number of carbonyl (C=O) groups excluding carboxylic acids is 1. The summed E-state index contributed by atoms with van der Waals surface area (Å²) in [6, 6.07) is 38.8. The van der Waals surface area contributed by atoms with Crippen LogP contribution in [-0.4, -0.2) is 20.3 Å². The summed E-state index contributed by atoms with van der Waals surface area (Å²) in [5.74, 6) is -0.119. The number of hydrogen-bond donors (Lipinski definition) is 0. The van der Waals surface area contributed by atoms with Crippen molar-refractivity contribution in [2.24, 2.45) is 0 Å². The second kappa shape index (κ2) is 9.32. The van der Waals surface area contributed by atoms with Gasteiger partial charge in [0.2, 0.25) is 5.78 Å². The van der Waals surface area contributed by atoms with Gasteiger partial charge in [0.25, 0.3) is 0 Å². The minimum Gasteiger partial charge on any atom is -0.318 e. The zero-order chi connectivity index (χ0) is 25.2. The first-order valence-electron chi connectivity index (χ1n) is 12.3. The average Bonchev–Trinajstić information content (AvgIpc) is 3.46. The standard InChI is InChI=1S/C33H25N3O/c1-24-29(20-19-25-12-11-21-34-31(24)25)32(37)30-22-36(23-35-30)33(26-13-5-2-6-14-26,27-15-7-3-8-16-27)28-17-9-4-10-18-28/h2-23H,1H3. The zero-order valence-electron chi connectivity index (χ0n) is 20.5. The Hall–Kier alpha value is -4.83. The fourth-order valence-corrected chi connectivity index (χ4v) is 5.28. The average molecular weight is 480 g/mol. The molecule has 0 atom stereocenters.